The molecule has 100 valence electrons. The third-order valence-electron chi connectivity index (χ3n) is 3.44. The SMILES string of the molecule is COCc1cc(N2CCC(CN)CC2)nc(C)n1. The number of rotatable bonds is 4. The number of hydrogen-bond acceptors (Lipinski definition) is 5. The summed E-state index contributed by atoms with van der Waals surface area (Å²) in [6.07, 6.45) is 2.30. The lowest BCUT2D eigenvalue weighted by Crippen LogP contribution is -2.36. The Morgan fingerprint density at radius 3 is 2.72 bits per heavy atom. The van der Waals surface area contributed by atoms with Crippen LogP contribution in [0.5, 0.6) is 0 Å². The Labute approximate surface area is 108 Å². The molecule has 1 fully saturated rings. The zero-order chi connectivity index (χ0) is 13.0. The predicted octanol–water partition coefficient (Wildman–Crippen LogP) is 1.11. The third kappa shape index (κ3) is 3.17. The fourth-order valence-corrected chi connectivity index (χ4v) is 2.39. The normalized spacial score (nSPS) is 17.2. The molecule has 0 saturated carbocycles. The molecule has 1 saturated heterocycles. The Bertz CT molecular complexity index is 389. The summed E-state index contributed by atoms with van der Waals surface area (Å²) in [5.41, 5.74) is 6.66. The molecule has 0 spiro atoms. The number of ether oxygens (including phenoxy) is 1. The number of aryl methyl sites for hydroxylation is 1. The Hall–Kier alpha value is -1.20. The molecular weight excluding hydrogens is 228 g/mol. The van der Waals surface area contributed by atoms with Crippen LogP contribution in [0, 0.1) is 12.8 Å². The van der Waals surface area contributed by atoms with E-state index in [0.29, 0.717) is 12.5 Å². The number of nitrogens with zero attached hydrogens (tertiary/aromatic N) is 3. The molecule has 0 aliphatic carbocycles. The fraction of sp³-hybridized carbons (Fsp3) is 0.692. The van der Waals surface area contributed by atoms with Crippen LogP contribution >= 0.6 is 0 Å². The largest absolute Gasteiger partial charge is 0.378 e. The zero-order valence-corrected chi connectivity index (χ0v) is 11.2. The second-order valence-electron chi connectivity index (χ2n) is 4.86. The van der Waals surface area contributed by atoms with Crippen molar-refractivity contribution in [3.63, 3.8) is 0 Å². The molecule has 0 atom stereocenters. The smallest absolute Gasteiger partial charge is 0.132 e. The van der Waals surface area contributed by atoms with Gasteiger partial charge in [0.05, 0.1) is 12.3 Å². The standard InChI is InChI=1S/C13H22N4O/c1-10-15-12(9-18-2)7-13(16-10)17-5-3-11(8-14)4-6-17/h7,11H,3-6,8-9,14H2,1-2H3. The number of anilines is 1. The summed E-state index contributed by atoms with van der Waals surface area (Å²) in [7, 11) is 1.68. The van der Waals surface area contributed by atoms with Gasteiger partial charge >= 0.3 is 0 Å². The van der Waals surface area contributed by atoms with Crippen LogP contribution in [0.25, 0.3) is 0 Å². The molecule has 2 N–H and O–H groups in total. The number of aromatic nitrogens is 2. The van der Waals surface area contributed by atoms with Gasteiger partial charge in [0.25, 0.3) is 0 Å². The van der Waals surface area contributed by atoms with Crippen LogP contribution in [0.4, 0.5) is 5.82 Å². The van der Waals surface area contributed by atoms with E-state index in [2.05, 4.69) is 14.9 Å². The predicted molar refractivity (Wildman–Crippen MR) is 71.5 cm³/mol. The summed E-state index contributed by atoms with van der Waals surface area (Å²) < 4.78 is 5.13. The van der Waals surface area contributed by atoms with Crippen molar-refractivity contribution in [3.05, 3.63) is 17.6 Å². The third-order valence-corrected chi connectivity index (χ3v) is 3.44. The first-order chi connectivity index (χ1) is 8.72. The van der Waals surface area contributed by atoms with E-state index >= 15 is 0 Å². The molecule has 0 amide bonds. The molecule has 1 aliphatic heterocycles. The Balaban J connectivity index is 2.08. The highest BCUT2D eigenvalue weighted by Crippen LogP contribution is 2.21. The number of hydrogen-bond donors (Lipinski definition) is 1. The summed E-state index contributed by atoms with van der Waals surface area (Å²) in [5, 5.41) is 0. The first kappa shape index (κ1) is 13.2. The van der Waals surface area contributed by atoms with Gasteiger partial charge in [0, 0.05) is 26.3 Å². The molecule has 2 heterocycles. The lowest BCUT2D eigenvalue weighted by atomic mass is 9.97. The average molecular weight is 250 g/mol. The van der Waals surface area contributed by atoms with Gasteiger partial charge in [0.15, 0.2) is 0 Å². The van der Waals surface area contributed by atoms with E-state index in [4.69, 9.17) is 10.5 Å². The molecule has 2 rings (SSSR count). The molecule has 5 nitrogen and oxygen atoms in total. The van der Waals surface area contributed by atoms with Crippen LogP contribution in [0.3, 0.4) is 0 Å². The summed E-state index contributed by atoms with van der Waals surface area (Å²) in [6.45, 7) is 5.33. The summed E-state index contributed by atoms with van der Waals surface area (Å²) in [4.78, 5) is 11.2. The Morgan fingerprint density at radius 2 is 2.11 bits per heavy atom. The highest BCUT2D eigenvalue weighted by molar-refractivity contribution is 5.40. The van der Waals surface area contributed by atoms with Crippen molar-refractivity contribution in [2.24, 2.45) is 11.7 Å². The van der Waals surface area contributed by atoms with Crippen molar-refractivity contribution in [2.45, 2.75) is 26.4 Å². The van der Waals surface area contributed by atoms with Crippen molar-refractivity contribution >= 4 is 5.82 Å². The van der Waals surface area contributed by atoms with Gasteiger partial charge in [-0.1, -0.05) is 0 Å². The molecule has 0 unspecified atom stereocenters. The van der Waals surface area contributed by atoms with Gasteiger partial charge in [-0.15, -0.1) is 0 Å². The van der Waals surface area contributed by atoms with Crippen molar-refractivity contribution < 1.29 is 4.74 Å². The second-order valence-corrected chi connectivity index (χ2v) is 4.86. The van der Waals surface area contributed by atoms with Crippen molar-refractivity contribution in [2.75, 3.05) is 31.6 Å². The topological polar surface area (TPSA) is 64.3 Å². The summed E-state index contributed by atoms with van der Waals surface area (Å²) in [6, 6.07) is 2.03. The van der Waals surface area contributed by atoms with Crippen molar-refractivity contribution in [1.29, 1.82) is 0 Å². The van der Waals surface area contributed by atoms with Crippen molar-refractivity contribution in [3.8, 4) is 0 Å². The van der Waals surface area contributed by atoms with Crippen LogP contribution < -0.4 is 10.6 Å². The van der Waals surface area contributed by atoms with Crippen LogP contribution in [0.2, 0.25) is 0 Å². The van der Waals surface area contributed by atoms with Gasteiger partial charge in [0.1, 0.15) is 11.6 Å². The van der Waals surface area contributed by atoms with Crippen LogP contribution in [0.1, 0.15) is 24.4 Å². The Morgan fingerprint density at radius 1 is 1.39 bits per heavy atom. The van der Waals surface area contributed by atoms with Gasteiger partial charge < -0.3 is 15.4 Å². The Kier molecular flexibility index (Phi) is 4.49. The molecule has 18 heavy (non-hydrogen) atoms. The van der Waals surface area contributed by atoms with E-state index in [1.54, 1.807) is 7.11 Å². The molecule has 0 radical (unpaired) electrons. The average Bonchev–Trinajstić information content (AvgIpc) is 2.38. The maximum absolute atomic E-state index is 5.71. The first-order valence-corrected chi connectivity index (χ1v) is 6.51. The second kappa shape index (κ2) is 6.11. The van der Waals surface area contributed by atoms with Crippen LogP contribution in [-0.4, -0.2) is 36.7 Å². The fourth-order valence-electron chi connectivity index (χ4n) is 2.39. The van der Waals surface area contributed by atoms with E-state index in [1.165, 1.54) is 0 Å². The van der Waals surface area contributed by atoms with E-state index in [9.17, 15) is 0 Å². The molecule has 0 aromatic carbocycles. The maximum Gasteiger partial charge on any atom is 0.132 e. The van der Waals surface area contributed by atoms with Crippen LogP contribution in [-0.2, 0) is 11.3 Å². The van der Waals surface area contributed by atoms with Crippen LogP contribution in [0.15, 0.2) is 6.07 Å². The molecular formula is C13H22N4O. The first-order valence-electron chi connectivity index (χ1n) is 6.51. The van der Waals surface area contributed by atoms with Gasteiger partial charge in [-0.3, -0.25) is 0 Å². The number of methoxy groups -OCH3 is 1. The lowest BCUT2D eigenvalue weighted by molar-refractivity contribution is 0.181. The minimum Gasteiger partial charge on any atom is -0.378 e. The van der Waals surface area contributed by atoms with Gasteiger partial charge in [-0.2, -0.15) is 0 Å². The van der Waals surface area contributed by atoms with Gasteiger partial charge in [-0.25, -0.2) is 9.97 Å². The van der Waals surface area contributed by atoms with E-state index in [1.807, 2.05) is 13.0 Å². The maximum atomic E-state index is 5.71. The molecule has 0 bridgehead atoms. The van der Waals surface area contributed by atoms with Gasteiger partial charge in [-0.05, 0) is 32.2 Å². The monoisotopic (exact) mass is 250 g/mol. The highest BCUT2D eigenvalue weighted by atomic mass is 16.5. The van der Waals surface area contributed by atoms with E-state index in [-0.39, 0.29) is 0 Å². The highest BCUT2D eigenvalue weighted by Gasteiger charge is 2.19. The van der Waals surface area contributed by atoms with E-state index < -0.39 is 0 Å². The summed E-state index contributed by atoms with van der Waals surface area (Å²) >= 11 is 0. The molecule has 1 aliphatic rings. The molecule has 1 aromatic rings. The minimum absolute atomic E-state index is 0.537. The van der Waals surface area contributed by atoms with Crippen molar-refractivity contribution in [1.82, 2.24) is 9.97 Å². The summed E-state index contributed by atoms with van der Waals surface area (Å²) in [5.74, 6) is 2.49. The molecule has 1 aromatic heterocycles. The number of piperidine rings is 1. The number of nitrogens with two attached hydrogens (primary N) is 1. The minimum atomic E-state index is 0.537. The van der Waals surface area contributed by atoms with Gasteiger partial charge in [0.2, 0.25) is 0 Å². The zero-order valence-electron chi connectivity index (χ0n) is 11.2. The quantitative estimate of drug-likeness (QED) is 0.867. The lowest BCUT2D eigenvalue weighted by Gasteiger charge is -2.32. The molecule has 5 heteroatoms. The van der Waals surface area contributed by atoms with E-state index in [0.717, 1.165) is 49.8 Å².